The van der Waals surface area contributed by atoms with Gasteiger partial charge in [0.15, 0.2) is 0 Å². The van der Waals surface area contributed by atoms with Gasteiger partial charge in [-0.3, -0.25) is 4.18 Å². The van der Waals surface area contributed by atoms with Gasteiger partial charge in [-0.25, -0.2) is 0 Å². The van der Waals surface area contributed by atoms with Crippen molar-refractivity contribution in [3.63, 3.8) is 0 Å². The molecule has 0 aliphatic heterocycles. The van der Waals surface area contributed by atoms with Crippen LogP contribution in [0.25, 0.3) is 0 Å². The Morgan fingerprint density at radius 1 is 1.55 bits per heavy atom. The van der Waals surface area contributed by atoms with Crippen LogP contribution in [0, 0.1) is 11.8 Å². The van der Waals surface area contributed by atoms with E-state index in [9.17, 15) is 8.42 Å². The van der Waals surface area contributed by atoms with E-state index >= 15 is 0 Å². The van der Waals surface area contributed by atoms with Gasteiger partial charge in [-0.05, 0) is 6.92 Å². The molecule has 0 aromatic heterocycles. The van der Waals surface area contributed by atoms with E-state index in [4.69, 9.17) is 0 Å². The lowest BCUT2D eigenvalue weighted by Crippen LogP contribution is -2.11. The minimum Gasteiger partial charge on any atom is -0.254 e. The van der Waals surface area contributed by atoms with Crippen LogP contribution in [0.2, 0.25) is 0 Å². The highest BCUT2D eigenvalue weighted by Crippen LogP contribution is 1.94. The maximum absolute atomic E-state index is 10.5. The molecule has 0 aromatic carbocycles. The first-order chi connectivity index (χ1) is 4.95. The summed E-state index contributed by atoms with van der Waals surface area (Å²) in [6.45, 7) is 3.49. The highest BCUT2D eigenvalue weighted by Gasteiger charge is 2.05. The molecule has 1 atom stereocenters. The van der Waals surface area contributed by atoms with E-state index in [2.05, 4.69) is 16.0 Å². The molecule has 0 saturated carbocycles. The van der Waals surface area contributed by atoms with Crippen LogP contribution in [0.15, 0.2) is 0 Å². The molecule has 0 bridgehead atoms. The second-order valence-corrected chi connectivity index (χ2v) is 3.72. The van der Waals surface area contributed by atoms with E-state index in [0.717, 1.165) is 6.26 Å². The first kappa shape index (κ1) is 10.5. The summed E-state index contributed by atoms with van der Waals surface area (Å²) in [6, 6.07) is 0. The van der Waals surface area contributed by atoms with E-state index in [1.54, 1.807) is 6.92 Å². The molecule has 1 unspecified atom stereocenters. The van der Waals surface area contributed by atoms with Crippen LogP contribution in [-0.4, -0.2) is 20.8 Å². The van der Waals surface area contributed by atoms with Crippen molar-refractivity contribution in [1.82, 2.24) is 0 Å². The van der Waals surface area contributed by atoms with Crippen molar-refractivity contribution >= 4 is 10.1 Å². The largest absolute Gasteiger partial charge is 0.265 e. The predicted molar refractivity (Wildman–Crippen MR) is 43.5 cm³/mol. The SMILES string of the molecule is CCC#CC(C)OS(C)(=O)=O. The van der Waals surface area contributed by atoms with E-state index in [-0.39, 0.29) is 0 Å². The third-order valence-corrected chi connectivity index (χ3v) is 1.44. The lowest BCUT2D eigenvalue weighted by molar-refractivity contribution is 0.286. The van der Waals surface area contributed by atoms with Crippen LogP contribution in [0.5, 0.6) is 0 Å². The van der Waals surface area contributed by atoms with Crippen molar-refractivity contribution in [1.29, 1.82) is 0 Å². The highest BCUT2D eigenvalue weighted by atomic mass is 32.2. The smallest absolute Gasteiger partial charge is 0.254 e. The van der Waals surface area contributed by atoms with E-state index in [0.29, 0.717) is 6.42 Å². The maximum atomic E-state index is 10.5. The van der Waals surface area contributed by atoms with Gasteiger partial charge < -0.3 is 0 Å². The van der Waals surface area contributed by atoms with Crippen molar-refractivity contribution in [2.75, 3.05) is 6.26 Å². The van der Waals surface area contributed by atoms with Crippen molar-refractivity contribution in [2.45, 2.75) is 26.4 Å². The Bertz CT molecular complexity index is 255. The summed E-state index contributed by atoms with van der Waals surface area (Å²) in [7, 11) is -3.36. The van der Waals surface area contributed by atoms with Gasteiger partial charge in [-0.2, -0.15) is 8.42 Å². The lowest BCUT2D eigenvalue weighted by atomic mass is 10.4. The zero-order chi connectivity index (χ0) is 8.91. The Morgan fingerprint density at radius 2 is 2.09 bits per heavy atom. The summed E-state index contributed by atoms with van der Waals surface area (Å²) in [5.41, 5.74) is 0. The summed E-state index contributed by atoms with van der Waals surface area (Å²) in [5.74, 6) is 5.37. The molecular weight excluding hydrogens is 164 g/mol. The first-order valence-corrected chi connectivity index (χ1v) is 5.14. The molecule has 0 aliphatic carbocycles. The van der Waals surface area contributed by atoms with Crippen molar-refractivity contribution in [2.24, 2.45) is 0 Å². The number of rotatable bonds is 2. The molecule has 11 heavy (non-hydrogen) atoms. The molecule has 3 nitrogen and oxygen atoms in total. The quantitative estimate of drug-likeness (QED) is 0.461. The van der Waals surface area contributed by atoms with Crippen LogP contribution >= 0.6 is 0 Å². The Labute approximate surface area is 67.9 Å². The lowest BCUT2D eigenvalue weighted by Gasteiger charge is -2.01. The van der Waals surface area contributed by atoms with Gasteiger partial charge in [0.25, 0.3) is 10.1 Å². The molecule has 0 spiro atoms. The average molecular weight is 176 g/mol. The second kappa shape index (κ2) is 4.37. The molecule has 0 aliphatic rings. The number of hydrogen-bond acceptors (Lipinski definition) is 3. The minimum atomic E-state index is -3.36. The molecule has 0 rings (SSSR count). The number of hydrogen-bond donors (Lipinski definition) is 0. The Kier molecular flexibility index (Phi) is 4.16. The molecule has 0 aromatic rings. The van der Waals surface area contributed by atoms with Crippen LogP contribution in [0.1, 0.15) is 20.3 Å². The summed E-state index contributed by atoms with van der Waals surface area (Å²) in [5, 5.41) is 0. The normalized spacial score (nSPS) is 13.4. The van der Waals surface area contributed by atoms with Gasteiger partial charge >= 0.3 is 0 Å². The van der Waals surface area contributed by atoms with Gasteiger partial charge in [-0.15, -0.1) is 5.92 Å². The fourth-order valence-corrected chi connectivity index (χ4v) is 1.10. The van der Waals surface area contributed by atoms with Crippen LogP contribution in [0.4, 0.5) is 0 Å². The van der Waals surface area contributed by atoms with Crippen LogP contribution in [-0.2, 0) is 14.3 Å². The summed E-state index contributed by atoms with van der Waals surface area (Å²) >= 11 is 0. The Morgan fingerprint density at radius 3 is 2.45 bits per heavy atom. The Balaban J connectivity index is 3.99. The third kappa shape index (κ3) is 7.37. The molecule has 0 saturated heterocycles. The van der Waals surface area contributed by atoms with Gasteiger partial charge in [0.2, 0.25) is 0 Å². The van der Waals surface area contributed by atoms with Crippen molar-refractivity contribution in [3.05, 3.63) is 0 Å². The average Bonchev–Trinajstić information content (AvgIpc) is 1.79. The molecule has 0 amide bonds. The zero-order valence-electron chi connectivity index (χ0n) is 6.92. The van der Waals surface area contributed by atoms with Crippen molar-refractivity contribution in [3.8, 4) is 11.8 Å². The fraction of sp³-hybridized carbons (Fsp3) is 0.714. The molecule has 0 radical (unpaired) electrons. The van der Waals surface area contributed by atoms with Gasteiger partial charge in [-0.1, -0.05) is 12.8 Å². The molecule has 0 N–H and O–H groups in total. The van der Waals surface area contributed by atoms with Gasteiger partial charge in [0, 0.05) is 6.42 Å². The van der Waals surface area contributed by atoms with E-state index < -0.39 is 16.2 Å². The van der Waals surface area contributed by atoms with Crippen molar-refractivity contribution < 1.29 is 12.6 Å². The minimum absolute atomic E-state index is 0.537. The molecule has 4 heteroatoms. The molecule has 0 fully saturated rings. The van der Waals surface area contributed by atoms with Crippen LogP contribution < -0.4 is 0 Å². The second-order valence-electron chi connectivity index (χ2n) is 2.12. The van der Waals surface area contributed by atoms with Gasteiger partial charge in [0.05, 0.1) is 6.26 Å². The highest BCUT2D eigenvalue weighted by molar-refractivity contribution is 7.86. The molecular formula is C7H12O3S. The first-order valence-electron chi connectivity index (χ1n) is 3.32. The summed E-state index contributed by atoms with van der Waals surface area (Å²) < 4.78 is 25.6. The van der Waals surface area contributed by atoms with Gasteiger partial charge in [0.1, 0.15) is 6.10 Å². The molecule has 64 valence electrons. The third-order valence-electron chi connectivity index (χ3n) is 0.801. The Hall–Kier alpha value is -0.530. The summed E-state index contributed by atoms with van der Waals surface area (Å²) in [6.07, 6.45) is 1.18. The van der Waals surface area contributed by atoms with E-state index in [1.807, 2.05) is 6.92 Å². The summed E-state index contributed by atoms with van der Waals surface area (Å²) in [4.78, 5) is 0. The standard InChI is InChI=1S/C7H12O3S/c1-4-5-6-7(2)10-11(3,8)9/h7H,4H2,1-3H3. The topological polar surface area (TPSA) is 43.4 Å². The van der Waals surface area contributed by atoms with Crippen LogP contribution in [0.3, 0.4) is 0 Å². The van der Waals surface area contributed by atoms with E-state index in [1.165, 1.54) is 0 Å². The fourth-order valence-electron chi connectivity index (χ4n) is 0.532. The predicted octanol–water partition coefficient (Wildman–Crippen LogP) is 0.764. The zero-order valence-corrected chi connectivity index (χ0v) is 7.73. The molecule has 0 heterocycles. The maximum Gasteiger partial charge on any atom is 0.265 e. The monoisotopic (exact) mass is 176 g/mol.